The van der Waals surface area contributed by atoms with Gasteiger partial charge in [0, 0.05) is 36.0 Å². The van der Waals surface area contributed by atoms with Crippen molar-refractivity contribution >= 4 is 38.9 Å². The Morgan fingerprint density at radius 2 is 0.841 bits per heavy atom. The van der Waals surface area contributed by atoms with Crippen molar-refractivity contribution in [2.24, 2.45) is 53.3 Å². The smallest absolute Gasteiger partial charge is 0.163 e. The summed E-state index contributed by atoms with van der Waals surface area (Å²) in [6.45, 7) is 6.18. The lowest BCUT2D eigenvalue weighted by Crippen LogP contribution is -2.13. The van der Waals surface area contributed by atoms with Crippen LogP contribution in [0.1, 0.15) is 106 Å². The monoisotopic (exact) mass is 914 g/mol. The fourth-order valence-electron chi connectivity index (χ4n) is 12.6. The minimum atomic E-state index is 0.275. The van der Waals surface area contributed by atoms with Crippen LogP contribution in [0.4, 0.5) is 0 Å². The lowest BCUT2D eigenvalue weighted by atomic mass is 9.87. The number of carbonyl (C=O) groups is 3. The highest BCUT2D eigenvalue weighted by Crippen LogP contribution is 2.47. The van der Waals surface area contributed by atoms with E-state index in [0.717, 1.165) is 79.0 Å². The zero-order valence-corrected chi connectivity index (χ0v) is 41.0. The molecule has 5 nitrogen and oxygen atoms in total. The van der Waals surface area contributed by atoms with Gasteiger partial charge in [0.05, 0.1) is 14.2 Å². The summed E-state index contributed by atoms with van der Waals surface area (Å²) in [7, 11) is 3.38. The standard InChI is InChI=1S/C23H24O2.C21H22O2.C20H20O/c1-15-3-5-20(14-23(15)25-2)17-7-9-18(10-8-17)22(24)13-21-12-16-4-6-19(21)11-16;1-13-7-15-5-6-17(10-19(15)12-21(13)23-2)20(22)11-18-9-14-3-4-16(18)8-14;1-13-2-4-17-11-18(7-6-15(17)8-13)20(21)12-19-10-14-3-5-16(19)9-14/h3-10,14,16,19,21H,11-13H2,1-2H3;3-7,10,12,14,16,18H,8-9,11H2,1-2H3;2-8,11,14,16,19H,9-10,12H2,1H3. The van der Waals surface area contributed by atoms with Gasteiger partial charge < -0.3 is 9.47 Å². The predicted molar refractivity (Wildman–Crippen MR) is 280 cm³/mol. The molecule has 3 fully saturated rings. The minimum absolute atomic E-state index is 0.275. The second-order valence-corrected chi connectivity index (χ2v) is 21.2. The second-order valence-electron chi connectivity index (χ2n) is 21.2. The lowest BCUT2D eigenvalue weighted by Gasteiger charge is -2.17. The molecule has 6 aromatic rings. The normalized spacial score (nSPS) is 25.1. The molecule has 0 aromatic heterocycles. The molecule has 0 spiro atoms. The maximum atomic E-state index is 12.7. The summed E-state index contributed by atoms with van der Waals surface area (Å²) in [5.41, 5.74) is 8.25. The highest BCUT2D eigenvalue weighted by molar-refractivity contribution is 6.01. The van der Waals surface area contributed by atoms with Gasteiger partial charge in [0.1, 0.15) is 11.5 Å². The molecule has 3 saturated carbocycles. The minimum Gasteiger partial charge on any atom is -0.496 e. The highest BCUT2D eigenvalue weighted by atomic mass is 16.5. The van der Waals surface area contributed by atoms with E-state index in [1.807, 2.05) is 68.4 Å². The zero-order chi connectivity index (χ0) is 47.8. The van der Waals surface area contributed by atoms with E-state index in [4.69, 9.17) is 9.47 Å². The molecule has 6 aliphatic carbocycles. The zero-order valence-electron chi connectivity index (χ0n) is 41.0. The van der Waals surface area contributed by atoms with Crippen molar-refractivity contribution in [2.45, 2.75) is 78.6 Å². The third-order valence-corrected chi connectivity index (χ3v) is 16.5. The van der Waals surface area contributed by atoms with Crippen LogP contribution in [0.15, 0.2) is 146 Å². The maximum Gasteiger partial charge on any atom is 0.163 e. The molecule has 9 atom stereocenters. The fourth-order valence-corrected chi connectivity index (χ4v) is 12.6. The number of rotatable bonds is 12. The van der Waals surface area contributed by atoms with Crippen LogP contribution in [-0.4, -0.2) is 31.6 Å². The molecule has 5 heteroatoms. The molecule has 0 heterocycles. The molecule has 6 aromatic carbocycles. The molecule has 0 N–H and O–H groups in total. The first kappa shape index (κ1) is 46.4. The van der Waals surface area contributed by atoms with Gasteiger partial charge in [-0.15, -0.1) is 0 Å². The van der Waals surface area contributed by atoms with Gasteiger partial charge >= 0.3 is 0 Å². The first-order valence-electron chi connectivity index (χ1n) is 25.4. The number of carbonyl (C=O) groups excluding carboxylic acids is 3. The van der Waals surface area contributed by atoms with Crippen LogP contribution in [0.3, 0.4) is 0 Å². The summed E-state index contributed by atoms with van der Waals surface area (Å²) < 4.78 is 10.8. The number of aryl methyl sites for hydroxylation is 3. The predicted octanol–water partition coefficient (Wildman–Crippen LogP) is 15.3. The molecular formula is C64H66O5. The number of benzene rings is 6. The summed E-state index contributed by atoms with van der Waals surface area (Å²) in [5, 5.41) is 4.61. The number of Topliss-reactive ketones (excluding diaryl/α,β-unsaturated/α-hetero) is 3. The molecule has 0 saturated heterocycles. The average Bonchev–Trinajstić information content (AvgIpc) is 4.26. The van der Waals surface area contributed by atoms with Gasteiger partial charge in [-0.05, 0) is 187 Å². The number of allylic oxidation sites excluding steroid dienone is 6. The van der Waals surface area contributed by atoms with Gasteiger partial charge in [-0.25, -0.2) is 0 Å². The Morgan fingerprint density at radius 1 is 0.406 bits per heavy atom. The van der Waals surface area contributed by atoms with Gasteiger partial charge in [0.2, 0.25) is 0 Å². The van der Waals surface area contributed by atoms with E-state index in [9.17, 15) is 14.4 Å². The third-order valence-electron chi connectivity index (χ3n) is 16.5. The molecule has 352 valence electrons. The van der Waals surface area contributed by atoms with Gasteiger partial charge in [0.25, 0.3) is 0 Å². The molecule has 6 bridgehead atoms. The second kappa shape index (κ2) is 19.9. The van der Waals surface area contributed by atoms with Gasteiger partial charge in [-0.2, -0.15) is 0 Å². The van der Waals surface area contributed by atoms with Gasteiger partial charge in [-0.1, -0.05) is 121 Å². The quantitative estimate of drug-likeness (QED) is 0.0903. The van der Waals surface area contributed by atoms with Gasteiger partial charge in [0.15, 0.2) is 17.3 Å². The van der Waals surface area contributed by atoms with E-state index in [-0.39, 0.29) is 11.6 Å². The van der Waals surface area contributed by atoms with E-state index in [2.05, 4.69) is 98.0 Å². The Kier molecular flexibility index (Phi) is 13.4. The van der Waals surface area contributed by atoms with Crippen molar-refractivity contribution in [2.75, 3.05) is 14.2 Å². The summed E-state index contributed by atoms with van der Waals surface area (Å²) in [6.07, 6.45) is 23.4. The number of hydrogen-bond donors (Lipinski definition) is 0. The third kappa shape index (κ3) is 10.2. The summed E-state index contributed by atoms with van der Waals surface area (Å²) in [4.78, 5) is 37.9. The fraction of sp³-hybridized carbons (Fsp3) is 0.359. The molecule has 9 unspecified atom stereocenters. The lowest BCUT2D eigenvalue weighted by molar-refractivity contribution is 0.0946. The average molecular weight is 915 g/mol. The van der Waals surface area contributed by atoms with Crippen LogP contribution in [0.25, 0.3) is 32.7 Å². The Morgan fingerprint density at radius 3 is 1.33 bits per heavy atom. The molecule has 6 aliphatic rings. The van der Waals surface area contributed by atoms with E-state index >= 15 is 0 Å². The number of ether oxygens (including phenoxy) is 2. The number of methoxy groups -OCH3 is 2. The van der Waals surface area contributed by atoms with E-state index in [0.29, 0.717) is 60.6 Å². The number of hydrogen-bond acceptors (Lipinski definition) is 5. The SMILES string of the molecule is COc1cc(-c2ccc(C(=O)CC3CC4C=CC3C4)cc2)ccc1C.COc1cc2cc(C(=O)CC3CC4C=CC3C4)ccc2cc1C.Cc1ccc2cc(C(=O)CC3CC4C=CC3C4)ccc2c1. The maximum absolute atomic E-state index is 12.7. The first-order chi connectivity index (χ1) is 33.5. The summed E-state index contributed by atoms with van der Waals surface area (Å²) in [6, 6.07) is 36.9. The molecule has 12 rings (SSSR count). The first-order valence-corrected chi connectivity index (χ1v) is 25.4. The van der Waals surface area contributed by atoms with Crippen LogP contribution in [0, 0.1) is 74.0 Å². The Bertz CT molecular complexity index is 3010. The summed E-state index contributed by atoms with van der Waals surface area (Å²) >= 11 is 0. The van der Waals surface area contributed by atoms with Crippen LogP contribution >= 0.6 is 0 Å². The van der Waals surface area contributed by atoms with Crippen molar-refractivity contribution in [3.63, 3.8) is 0 Å². The van der Waals surface area contributed by atoms with Crippen molar-refractivity contribution < 1.29 is 23.9 Å². The largest absolute Gasteiger partial charge is 0.496 e. The molecular weight excluding hydrogens is 849 g/mol. The molecule has 0 amide bonds. The highest BCUT2D eigenvalue weighted by Gasteiger charge is 2.38. The topological polar surface area (TPSA) is 69.7 Å². The van der Waals surface area contributed by atoms with Crippen LogP contribution in [0.2, 0.25) is 0 Å². The van der Waals surface area contributed by atoms with E-state index in [1.54, 1.807) is 14.2 Å². The van der Waals surface area contributed by atoms with Crippen molar-refractivity contribution in [1.82, 2.24) is 0 Å². The Hall–Kier alpha value is -6.33. The molecule has 0 radical (unpaired) electrons. The Labute approximate surface area is 408 Å². The van der Waals surface area contributed by atoms with Crippen LogP contribution in [0.5, 0.6) is 11.5 Å². The summed E-state index contributed by atoms with van der Waals surface area (Å²) in [5.74, 6) is 8.39. The van der Waals surface area contributed by atoms with Crippen molar-refractivity contribution in [1.29, 1.82) is 0 Å². The molecule has 0 aliphatic heterocycles. The van der Waals surface area contributed by atoms with E-state index < -0.39 is 0 Å². The number of fused-ring (bicyclic) bond motifs is 8. The molecule has 69 heavy (non-hydrogen) atoms. The van der Waals surface area contributed by atoms with Crippen LogP contribution in [-0.2, 0) is 0 Å². The van der Waals surface area contributed by atoms with Gasteiger partial charge in [-0.3, -0.25) is 14.4 Å². The van der Waals surface area contributed by atoms with Crippen molar-refractivity contribution in [3.8, 4) is 22.6 Å². The van der Waals surface area contributed by atoms with E-state index in [1.165, 1.54) is 54.9 Å². The van der Waals surface area contributed by atoms with Crippen molar-refractivity contribution in [3.05, 3.63) is 179 Å². The Balaban J connectivity index is 0.000000121. The van der Waals surface area contributed by atoms with Crippen LogP contribution < -0.4 is 9.47 Å². The number of ketones is 3.